The molecule has 3 rings (SSSR count). The number of hydrogen-bond donors (Lipinski definition) is 0. The van der Waals surface area contributed by atoms with Gasteiger partial charge in [-0.1, -0.05) is 22.0 Å². The summed E-state index contributed by atoms with van der Waals surface area (Å²) in [5.41, 5.74) is -0.997. The topological polar surface area (TPSA) is 158 Å². The molecule has 0 aliphatic carbocycles. The molecule has 0 atom stereocenters. The molecule has 3 aromatic carbocycles. The number of rotatable bonds is 7. The van der Waals surface area contributed by atoms with Crippen LogP contribution in [0.3, 0.4) is 0 Å². The van der Waals surface area contributed by atoms with E-state index in [4.69, 9.17) is 0 Å². The Morgan fingerprint density at radius 1 is 0.688 bits per heavy atom. The van der Waals surface area contributed by atoms with Gasteiger partial charge in [-0.05, 0) is 42.5 Å². The van der Waals surface area contributed by atoms with E-state index >= 15 is 0 Å². The normalized spacial score (nSPS) is 11.7. The quantitative estimate of drug-likeness (QED) is 0.322. The number of nitrogens with zero attached hydrogens (tertiary/aromatic N) is 3. The van der Waals surface area contributed by atoms with Gasteiger partial charge >= 0.3 is 0 Å². The fourth-order valence-corrected chi connectivity index (χ4v) is 6.73. The van der Waals surface area contributed by atoms with Crippen LogP contribution in [-0.2, 0) is 20.0 Å². The van der Waals surface area contributed by atoms with Gasteiger partial charge in [0.1, 0.15) is 0 Å². The third kappa shape index (κ3) is 4.46. The van der Waals surface area contributed by atoms with Crippen LogP contribution in [0.1, 0.15) is 0 Å². The maximum atomic E-state index is 13.4. The van der Waals surface area contributed by atoms with Crippen LogP contribution in [0.4, 0.5) is 17.1 Å². The van der Waals surface area contributed by atoms with Crippen LogP contribution in [0, 0.1) is 20.2 Å². The molecular weight excluding hydrogens is 530 g/mol. The SMILES string of the molecule is O=[N+]([O-])c1ccc(S(=O)(=O)N(c2cccc(Br)c2)S(=O)(=O)c2ccc([N+](=O)[O-])cc2)cc1. The minimum atomic E-state index is -4.78. The Hall–Kier alpha value is -3.36. The van der Waals surface area contributed by atoms with Crippen molar-refractivity contribution in [2.75, 3.05) is 3.71 Å². The molecule has 0 amide bonds. The Balaban J connectivity index is 2.22. The zero-order chi connectivity index (χ0) is 23.7. The van der Waals surface area contributed by atoms with Gasteiger partial charge in [0, 0.05) is 28.7 Å². The van der Waals surface area contributed by atoms with E-state index in [1.807, 2.05) is 0 Å². The summed E-state index contributed by atoms with van der Waals surface area (Å²) in [6, 6.07) is 12.9. The molecular formula is C18H12BrN3O8S2. The molecule has 14 heteroatoms. The van der Waals surface area contributed by atoms with Gasteiger partial charge in [-0.25, -0.2) is 16.8 Å². The van der Waals surface area contributed by atoms with Crippen LogP contribution < -0.4 is 3.71 Å². The van der Waals surface area contributed by atoms with Gasteiger partial charge in [0.25, 0.3) is 31.4 Å². The second kappa shape index (κ2) is 8.64. The Kier molecular flexibility index (Phi) is 6.29. The van der Waals surface area contributed by atoms with Crippen molar-refractivity contribution in [1.82, 2.24) is 0 Å². The van der Waals surface area contributed by atoms with E-state index < -0.39 is 39.7 Å². The fraction of sp³-hybridized carbons (Fsp3) is 0. The molecule has 0 fully saturated rings. The fourth-order valence-electron chi connectivity index (χ4n) is 2.67. The molecule has 0 unspecified atom stereocenters. The van der Waals surface area contributed by atoms with Gasteiger partial charge in [-0.2, -0.15) is 3.71 Å². The second-order valence-electron chi connectivity index (χ2n) is 6.19. The lowest BCUT2D eigenvalue weighted by molar-refractivity contribution is -0.385. The van der Waals surface area contributed by atoms with Crippen LogP contribution in [0.25, 0.3) is 0 Å². The molecule has 166 valence electrons. The lowest BCUT2D eigenvalue weighted by atomic mass is 10.3. The van der Waals surface area contributed by atoms with Gasteiger partial charge in [0.15, 0.2) is 0 Å². The van der Waals surface area contributed by atoms with Crippen molar-refractivity contribution in [3.8, 4) is 0 Å². The maximum Gasteiger partial charge on any atom is 0.277 e. The number of nitro benzene ring substituents is 2. The highest BCUT2D eigenvalue weighted by atomic mass is 79.9. The van der Waals surface area contributed by atoms with Gasteiger partial charge in [-0.3, -0.25) is 20.2 Å². The van der Waals surface area contributed by atoms with Crippen LogP contribution in [0.15, 0.2) is 87.1 Å². The summed E-state index contributed by atoms with van der Waals surface area (Å²) in [5.74, 6) is 0. The maximum absolute atomic E-state index is 13.4. The number of sulfonamides is 2. The average Bonchev–Trinajstić information content (AvgIpc) is 2.73. The zero-order valence-electron chi connectivity index (χ0n) is 15.7. The lowest BCUT2D eigenvalue weighted by Gasteiger charge is -2.24. The first kappa shape index (κ1) is 23.3. The first-order valence-corrected chi connectivity index (χ1v) is 12.2. The molecule has 0 aliphatic heterocycles. The predicted octanol–water partition coefficient (Wildman–Crippen LogP) is 3.85. The summed E-state index contributed by atoms with van der Waals surface area (Å²) in [7, 11) is -9.56. The average molecular weight is 542 g/mol. The number of benzene rings is 3. The zero-order valence-corrected chi connectivity index (χ0v) is 18.9. The Bertz CT molecular complexity index is 1320. The van der Waals surface area contributed by atoms with E-state index in [1.54, 1.807) is 6.07 Å². The molecule has 3 aromatic rings. The molecule has 0 radical (unpaired) electrons. The number of non-ortho nitro benzene ring substituents is 2. The predicted molar refractivity (Wildman–Crippen MR) is 117 cm³/mol. The molecule has 11 nitrogen and oxygen atoms in total. The highest BCUT2D eigenvalue weighted by Gasteiger charge is 2.37. The minimum Gasteiger partial charge on any atom is -0.258 e. The molecule has 0 saturated heterocycles. The van der Waals surface area contributed by atoms with E-state index in [1.165, 1.54) is 18.2 Å². The van der Waals surface area contributed by atoms with E-state index in [9.17, 15) is 37.1 Å². The smallest absolute Gasteiger partial charge is 0.258 e. The van der Waals surface area contributed by atoms with Crippen molar-refractivity contribution >= 4 is 53.0 Å². The van der Waals surface area contributed by atoms with Crippen LogP contribution >= 0.6 is 15.9 Å². The summed E-state index contributed by atoms with van der Waals surface area (Å²) < 4.78 is 54.1. The monoisotopic (exact) mass is 541 g/mol. The van der Waals surface area contributed by atoms with Crippen molar-refractivity contribution in [3.63, 3.8) is 0 Å². The highest BCUT2D eigenvalue weighted by molar-refractivity contribution is 9.10. The number of anilines is 1. The van der Waals surface area contributed by atoms with Gasteiger partial charge in [-0.15, -0.1) is 0 Å². The summed E-state index contributed by atoms with van der Waals surface area (Å²) >= 11 is 3.16. The molecule has 0 saturated carbocycles. The second-order valence-corrected chi connectivity index (χ2v) is 10.9. The number of nitro groups is 2. The lowest BCUT2D eigenvalue weighted by Crippen LogP contribution is -2.37. The van der Waals surface area contributed by atoms with Crippen molar-refractivity contribution in [1.29, 1.82) is 0 Å². The van der Waals surface area contributed by atoms with E-state index in [-0.39, 0.29) is 20.8 Å². The van der Waals surface area contributed by atoms with Crippen LogP contribution in [0.5, 0.6) is 0 Å². The number of halogens is 1. The van der Waals surface area contributed by atoms with Crippen molar-refractivity contribution < 1.29 is 26.7 Å². The largest absolute Gasteiger partial charge is 0.277 e. The van der Waals surface area contributed by atoms with E-state index in [0.717, 1.165) is 48.5 Å². The summed E-state index contributed by atoms with van der Waals surface area (Å²) in [4.78, 5) is 19.3. The van der Waals surface area contributed by atoms with E-state index in [2.05, 4.69) is 15.9 Å². The third-order valence-corrected chi connectivity index (χ3v) is 8.85. The highest BCUT2D eigenvalue weighted by Crippen LogP contribution is 2.33. The Labute approximate surface area is 190 Å². The summed E-state index contributed by atoms with van der Waals surface area (Å²) in [6.07, 6.45) is 0. The van der Waals surface area contributed by atoms with Gasteiger partial charge in [0.05, 0.1) is 25.3 Å². The van der Waals surface area contributed by atoms with Gasteiger partial charge < -0.3 is 0 Å². The van der Waals surface area contributed by atoms with Crippen molar-refractivity contribution in [3.05, 3.63) is 97.5 Å². The molecule has 0 bridgehead atoms. The summed E-state index contributed by atoms with van der Waals surface area (Å²) in [5, 5.41) is 21.7. The minimum absolute atomic E-state index is 0.174. The van der Waals surface area contributed by atoms with E-state index in [0.29, 0.717) is 4.47 Å². The standard InChI is InChI=1S/C18H12BrN3O8S2/c19-13-2-1-3-16(12-13)22(31(27,28)17-8-4-14(5-9-17)20(23)24)32(29,30)18-10-6-15(7-11-18)21(25)26/h1-12H. The molecule has 0 aromatic heterocycles. The molecule has 0 spiro atoms. The third-order valence-electron chi connectivity index (χ3n) is 4.15. The van der Waals surface area contributed by atoms with Crippen molar-refractivity contribution in [2.45, 2.75) is 9.79 Å². The molecule has 0 heterocycles. The van der Waals surface area contributed by atoms with Crippen LogP contribution in [0.2, 0.25) is 0 Å². The molecule has 0 aliphatic rings. The molecule has 32 heavy (non-hydrogen) atoms. The first-order chi connectivity index (χ1) is 14.9. The Morgan fingerprint density at radius 2 is 1.09 bits per heavy atom. The molecule has 0 N–H and O–H groups in total. The summed E-state index contributed by atoms with van der Waals surface area (Å²) in [6.45, 7) is 0. The Morgan fingerprint density at radius 3 is 1.44 bits per heavy atom. The first-order valence-electron chi connectivity index (χ1n) is 8.49. The van der Waals surface area contributed by atoms with Crippen LogP contribution in [-0.4, -0.2) is 26.7 Å². The number of hydrogen-bond acceptors (Lipinski definition) is 8. The van der Waals surface area contributed by atoms with Crippen molar-refractivity contribution in [2.24, 2.45) is 0 Å². The van der Waals surface area contributed by atoms with Gasteiger partial charge in [0.2, 0.25) is 0 Å².